The van der Waals surface area contributed by atoms with Gasteiger partial charge in [0.25, 0.3) is 0 Å². The van der Waals surface area contributed by atoms with Crippen LogP contribution in [0.5, 0.6) is 0 Å². The van der Waals surface area contributed by atoms with Crippen LogP contribution in [0.4, 0.5) is 0 Å². The maximum Gasteiger partial charge on any atom is 0.180 e. The summed E-state index contributed by atoms with van der Waals surface area (Å²) in [6.07, 6.45) is 4.14. The molecule has 0 spiro atoms. The fourth-order valence-electron chi connectivity index (χ4n) is 2.47. The largest absolute Gasteiger partial charge is 0.330 e. The van der Waals surface area contributed by atoms with Gasteiger partial charge in [-0.2, -0.15) is 5.10 Å². The van der Waals surface area contributed by atoms with E-state index in [-0.39, 0.29) is 11.2 Å². The van der Waals surface area contributed by atoms with E-state index >= 15 is 0 Å². The third kappa shape index (κ3) is 4.46. The molecule has 0 saturated heterocycles. The van der Waals surface area contributed by atoms with Gasteiger partial charge in [-0.15, -0.1) is 0 Å². The van der Waals surface area contributed by atoms with Crippen molar-refractivity contribution in [3.05, 3.63) is 18.0 Å². The molecule has 4 heteroatoms. The fraction of sp³-hybridized carbons (Fsp3) is 0.733. The summed E-state index contributed by atoms with van der Waals surface area (Å²) in [5, 5.41) is 4.14. The van der Waals surface area contributed by atoms with Crippen molar-refractivity contribution in [1.82, 2.24) is 9.78 Å². The Kier molecular flexibility index (Phi) is 5.73. The average Bonchev–Trinajstić information content (AvgIpc) is 2.80. The van der Waals surface area contributed by atoms with Crippen LogP contribution in [0.25, 0.3) is 0 Å². The minimum absolute atomic E-state index is 0.186. The predicted octanol–water partition coefficient (Wildman–Crippen LogP) is 2.88. The maximum absolute atomic E-state index is 12.2. The third-order valence-corrected chi connectivity index (χ3v) is 3.76. The molecule has 1 aromatic rings. The number of carbonyl (C=O) groups is 1. The number of carbonyl (C=O) groups excluding carboxylic acids is 1. The van der Waals surface area contributed by atoms with Gasteiger partial charge in [0.15, 0.2) is 5.78 Å². The quantitative estimate of drug-likeness (QED) is 0.771. The van der Waals surface area contributed by atoms with Crippen LogP contribution < -0.4 is 5.73 Å². The first kappa shape index (κ1) is 15.9. The highest BCUT2D eigenvalue weighted by Crippen LogP contribution is 2.32. The first-order chi connectivity index (χ1) is 8.90. The van der Waals surface area contributed by atoms with E-state index in [1.165, 1.54) is 0 Å². The van der Waals surface area contributed by atoms with Gasteiger partial charge in [-0.05, 0) is 43.7 Å². The zero-order chi connectivity index (χ0) is 14.5. The van der Waals surface area contributed by atoms with E-state index in [2.05, 4.69) is 25.9 Å². The van der Waals surface area contributed by atoms with Crippen LogP contribution in [0.2, 0.25) is 0 Å². The minimum Gasteiger partial charge on any atom is -0.330 e. The van der Waals surface area contributed by atoms with Gasteiger partial charge >= 0.3 is 0 Å². The van der Waals surface area contributed by atoms with Crippen LogP contribution in [-0.4, -0.2) is 22.1 Å². The molecule has 0 bridgehead atoms. The molecule has 0 fully saturated rings. The SMILES string of the molecule is CCn1nccc1C(=O)CCC(CCN)C(C)(C)C. The Morgan fingerprint density at radius 1 is 1.42 bits per heavy atom. The summed E-state index contributed by atoms with van der Waals surface area (Å²) in [6, 6.07) is 1.81. The molecule has 1 unspecified atom stereocenters. The van der Waals surface area contributed by atoms with Crippen molar-refractivity contribution in [3.8, 4) is 0 Å². The van der Waals surface area contributed by atoms with Crippen LogP contribution >= 0.6 is 0 Å². The highest BCUT2D eigenvalue weighted by molar-refractivity contribution is 5.94. The molecule has 0 radical (unpaired) electrons. The highest BCUT2D eigenvalue weighted by atomic mass is 16.1. The van der Waals surface area contributed by atoms with Crippen molar-refractivity contribution in [3.63, 3.8) is 0 Å². The summed E-state index contributed by atoms with van der Waals surface area (Å²) in [7, 11) is 0. The lowest BCUT2D eigenvalue weighted by atomic mass is 9.76. The van der Waals surface area contributed by atoms with Crippen molar-refractivity contribution >= 4 is 5.78 Å². The molecular weight excluding hydrogens is 238 g/mol. The molecule has 0 aromatic carbocycles. The van der Waals surface area contributed by atoms with Gasteiger partial charge in [-0.3, -0.25) is 9.48 Å². The molecule has 4 nitrogen and oxygen atoms in total. The summed E-state index contributed by atoms with van der Waals surface area (Å²) in [5.74, 6) is 0.671. The van der Waals surface area contributed by atoms with Crippen molar-refractivity contribution in [2.24, 2.45) is 17.1 Å². The number of nitrogens with zero attached hydrogens (tertiary/aromatic N) is 2. The fourth-order valence-corrected chi connectivity index (χ4v) is 2.47. The summed E-state index contributed by atoms with van der Waals surface area (Å²) < 4.78 is 1.76. The molecule has 0 saturated carbocycles. The van der Waals surface area contributed by atoms with Crippen LogP contribution in [0, 0.1) is 11.3 Å². The highest BCUT2D eigenvalue weighted by Gasteiger charge is 2.25. The molecule has 1 heterocycles. The lowest BCUT2D eigenvalue weighted by Crippen LogP contribution is -2.24. The summed E-state index contributed by atoms with van der Waals surface area (Å²) in [5.41, 5.74) is 6.60. The monoisotopic (exact) mass is 265 g/mol. The Morgan fingerprint density at radius 3 is 2.63 bits per heavy atom. The van der Waals surface area contributed by atoms with Gasteiger partial charge in [-0.25, -0.2) is 0 Å². The standard InChI is InChI=1S/C15H27N3O/c1-5-18-13(9-11-17-18)14(19)7-6-12(8-10-16)15(2,3)4/h9,11-12H,5-8,10,16H2,1-4H3. The zero-order valence-corrected chi connectivity index (χ0v) is 12.6. The normalized spacial score (nSPS) is 13.5. The number of nitrogens with two attached hydrogens (primary N) is 1. The van der Waals surface area contributed by atoms with Crippen LogP contribution in [0.15, 0.2) is 12.3 Å². The van der Waals surface area contributed by atoms with E-state index in [0.29, 0.717) is 18.9 Å². The third-order valence-electron chi connectivity index (χ3n) is 3.76. The summed E-state index contributed by atoms with van der Waals surface area (Å²) >= 11 is 0. The van der Waals surface area contributed by atoms with Crippen molar-refractivity contribution in [1.29, 1.82) is 0 Å². The molecule has 0 aliphatic heterocycles. The van der Waals surface area contributed by atoms with E-state index in [0.717, 1.165) is 25.1 Å². The molecular formula is C15H27N3O. The van der Waals surface area contributed by atoms with Crippen LogP contribution in [0.1, 0.15) is 57.4 Å². The molecule has 1 atom stereocenters. The minimum atomic E-state index is 0.186. The van der Waals surface area contributed by atoms with E-state index in [1.807, 2.05) is 6.92 Å². The zero-order valence-electron chi connectivity index (χ0n) is 12.6. The van der Waals surface area contributed by atoms with Gasteiger partial charge in [0, 0.05) is 19.2 Å². The van der Waals surface area contributed by atoms with E-state index < -0.39 is 0 Å². The van der Waals surface area contributed by atoms with Gasteiger partial charge in [0.05, 0.1) is 0 Å². The maximum atomic E-state index is 12.2. The van der Waals surface area contributed by atoms with Crippen molar-refractivity contribution < 1.29 is 4.79 Å². The van der Waals surface area contributed by atoms with Crippen molar-refractivity contribution in [2.45, 2.75) is 53.5 Å². The lowest BCUT2D eigenvalue weighted by molar-refractivity contribution is 0.0947. The Labute approximate surface area is 116 Å². The number of rotatable bonds is 7. The van der Waals surface area contributed by atoms with Crippen molar-refractivity contribution in [2.75, 3.05) is 6.54 Å². The van der Waals surface area contributed by atoms with Gasteiger partial charge in [-0.1, -0.05) is 20.8 Å². The van der Waals surface area contributed by atoms with E-state index in [4.69, 9.17) is 5.73 Å². The molecule has 0 amide bonds. The Bertz CT molecular complexity index is 404. The summed E-state index contributed by atoms with van der Waals surface area (Å²) in [4.78, 5) is 12.2. The number of ketones is 1. The second kappa shape index (κ2) is 6.85. The van der Waals surface area contributed by atoms with Crippen LogP contribution in [-0.2, 0) is 6.54 Å². The number of hydrogen-bond donors (Lipinski definition) is 1. The second-order valence-corrected chi connectivity index (χ2v) is 6.13. The first-order valence-electron chi connectivity index (χ1n) is 7.15. The number of hydrogen-bond acceptors (Lipinski definition) is 3. The molecule has 2 N–H and O–H groups in total. The van der Waals surface area contributed by atoms with E-state index in [9.17, 15) is 4.79 Å². The molecule has 0 aliphatic rings. The number of Topliss-reactive ketones (excluding diaryl/α,β-unsaturated/α-hetero) is 1. The lowest BCUT2D eigenvalue weighted by Gasteiger charge is -2.30. The molecule has 19 heavy (non-hydrogen) atoms. The summed E-state index contributed by atoms with van der Waals surface area (Å²) in [6.45, 7) is 10.1. The Hall–Kier alpha value is -1.16. The Balaban J connectivity index is 2.62. The first-order valence-corrected chi connectivity index (χ1v) is 7.15. The number of aryl methyl sites for hydroxylation is 1. The topological polar surface area (TPSA) is 60.9 Å². The molecule has 0 aliphatic carbocycles. The molecule has 108 valence electrons. The molecule has 1 aromatic heterocycles. The smallest absolute Gasteiger partial charge is 0.180 e. The predicted molar refractivity (Wildman–Crippen MR) is 78.1 cm³/mol. The van der Waals surface area contributed by atoms with Gasteiger partial charge in [0.1, 0.15) is 5.69 Å². The van der Waals surface area contributed by atoms with Gasteiger partial charge in [0.2, 0.25) is 0 Å². The second-order valence-electron chi connectivity index (χ2n) is 6.13. The Morgan fingerprint density at radius 2 is 2.11 bits per heavy atom. The molecule has 1 rings (SSSR count). The van der Waals surface area contributed by atoms with Gasteiger partial charge < -0.3 is 5.73 Å². The van der Waals surface area contributed by atoms with Crippen LogP contribution in [0.3, 0.4) is 0 Å². The van der Waals surface area contributed by atoms with E-state index in [1.54, 1.807) is 16.9 Å². The average molecular weight is 265 g/mol. The number of aromatic nitrogens is 2.